The van der Waals surface area contributed by atoms with Crippen molar-refractivity contribution in [3.05, 3.63) is 29.3 Å². The van der Waals surface area contributed by atoms with Gasteiger partial charge in [-0.15, -0.1) is 15.3 Å². The quantitative estimate of drug-likeness (QED) is 0.585. The fourth-order valence-electron chi connectivity index (χ4n) is 1.96. The molecule has 0 saturated carbocycles. The van der Waals surface area contributed by atoms with Gasteiger partial charge in [-0.3, -0.25) is 0 Å². The van der Waals surface area contributed by atoms with Gasteiger partial charge in [-0.25, -0.2) is 0 Å². The highest BCUT2D eigenvalue weighted by Crippen LogP contribution is 2.24. The van der Waals surface area contributed by atoms with Crippen LogP contribution < -0.4 is 5.19 Å². The fraction of sp³-hybridized carbons (Fsp3) is 0.500. The second-order valence-corrected chi connectivity index (χ2v) is 7.07. The van der Waals surface area contributed by atoms with Crippen LogP contribution in [0.4, 0.5) is 0 Å². The van der Waals surface area contributed by atoms with Crippen molar-refractivity contribution in [2.45, 2.75) is 39.5 Å². The Labute approximate surface area is 97.5 Å². The van der Waals surface area contributed by atoms with Crippen LogP contribution in [0.2, 0.25) is 0 Å². The zero-order chi connectivity index (χ0) is 10.7. The van der Waals surface area contributed by atoms with Crippen LogP contribution in [0.15, 0.2) is 18.2 Å². The lowest BCUT2D eigenvalue weighted by Gasteiger charge is -2.19. The molecule has 0 aliphatic rings. The highest BCUT2D eigenvalue weighted by Gasteiger charge is 2.13. The first kappa shape index (κ1) is 12.0. The smallest absolute Gasteiger partial charge is 0.129 e. The van der Waals surface area contributed by atoms with E-state index in [1.807, 2.05) is 0 Å². The zero-order valence-electron chi connectivity index (χ0n) is 9.47. The lowest BCUT2D eigenvalue weighted by atomic mass is 9.91. The number of halogens is 1. The van der Waals surface area contributed by atoms with Gasteiger partial charge in [-0.1, -0.05) is 51.1 Å². The molecule has 1 aromatic carbocycles. The van der Waals surface area contributed by atoms with E-state index in [-0.39, 0.29) is 8.14 Å². The maximum Gasteiger partial charge on any atom is 0.130 e. The van der Waals surface area contributed by atoms with E-state index >= 15 is 0 Å². The molecule has 0 aliphatic carbocycles. The minimum Gasteiger partial charge on any atom is -0.129 e. The molecule has 0 amide bonds. The standard InChI is InChI=1S/C12H19BrSi/c1-8(2)10-6-5-7-11(14-13)12(10)9(3)4/h5-9H,14H2,1-4H3. The van der Waals surface area contributed by atoms with Crippen LogP contribution in [0, 0.1) is 0 Å². The van der Waals surface area contributed by atoms with Gasteiger partial charge in [-0.05, 0) is 23.0 Å². The first-order valence-corrected chi connectivity index (χ1v) is 9.86. The summed E-state index contributed by atoms with van der Waals surface area (Å²) in [5.74, 6) is 1.29. The average molecular weight is 271 g/mol. The van der Waals surface area contributed by atoms with Crippen molar-refractivity contribution in [2.24, 2.45) is 0 Å². The Morgan fingerprint density at radius 1 is 1.07 bits per heavy atom. The molecule has 14 heavy (non-hydrogen) atoms. The number of hydrogen-bond acceptors (Lipinski definition) is 0. The highest BCUT2D eigenvalue weighted by atomic mass is 79.9. The molecule has 0 aliphatic heterocycles. The summed E-state index contributed by atoms with van der Waals surface area (Å²) < 4.78 is 0. The molecule has 0 unspecified atom stereocenters. The van der Waals surface area contributed by atoms with Crippen molar-refractivity contribution in [3.63, 3.8) is 0 Å². The second-order valence-electron chi connectivity index (χ2n) is 4.36. The van der Waals surface area contributed by atoms with Gasteiger partial charge in [-0.2, -0.15) is 0 Å². The maximum absolute atomic E-state index is 3.70. The summed E-state index contributed by atoms with van der Waals surface area (Å²) in [6, 6.07) is 6.76. The van der Waals surface area contributed by atoms with Crippen molar-refractivity contribution >= 4 is 28.6 Å². The number of rotatable bonds is 3. The van der Waals surface area contributed by atoms with Crippen molar-refractivity contribution in [1.29, 1.82) is 0 Å². The molecule has 0 saturated heterocycles. The van der Waals surface area contributed by atoms with Crippen LogP contribution >= 0.6 is 15.3 Å². The normalized spacial score (nSPS) is 12.2. The van der Waals surface area contributed by atoms with Crippen LogP contribution in [0.1, 0.15) is 50.7 Å². The van der Waals surface area contributed by atoms with Gasteiger partial charge in [0, 0.05) is 0 Å². The van der Waals surface area contributed by atoms with E-state index in [4.69, 9.17) is 0 Å². The summed E-state index contributed by atoms with van der Waals surface area (Å²) in [7, 11) is -0.221. The highest BCUT2D eigenvalue weighted by molar-refractivity contribution is 9.23. The molecular weight excluding hydrogens is 252 g/mol. The van der Waals surface area contributed by atoms with Crippen LogP contribution in [0.3, 0.4) is 0 Å². The summed E-state index contributed by atoms with van der Waals surface area (Å²) in [4.78, 5) is 0. The third-order valence-corrected chi connectivity index (χ3v) is 5.29. The third kappa shape index (κ3) is 2.48. The second kappa shape index (κ2) is 5.13. The van der Waals surface area contributed by atoms with Crippen molar-refractivity contribution in [3.8, 4) is 0 Å². The Hall–Kier alpha value is -0.0831. The molecule has 78 valence electrons. The maximum atomic E-state index is 3.70. The van der Waals surface area contributed by atoms with Crippen LogP contribution in [-0.2, 0) is 0 Å². The SMILES string of the molecule is CC(C)c1cccc([SiH2]Br)c1C(C)C. The van der Waals surface area contributed by atoms with Crippen LogP contribution in [-0.4, -0.2) is 8.14 Å². The first-order valence-electron chi connectivity index (χ1n) is 5.25. The van der Waals surface area contributed by atoms with Gasteiger partial charge < -0.3 is 0 Å². The van der Waals surface area contributed by atoms with Gasteiger partial charge in [0.15, 0.2) is 0 Å². The van der Waals surface area contributed by atoms with Gasteiger partial charge >= 0.3 is 0 Å². The Balaban J connectivity index is 3.28. The molecular formula is C12H19BrSi. The molecule has 0 heterocycles. The van der Waals surface area contributed by atoms with Crippen molar-refractivity contribution in [1.82, 2.24) is 0 Å². The molecule has 0 aromatic heterocycles. The lowest BCUT2D eigenvalue weighted by molar-refractivity contribution is 0.795. The van der Waals surface area contributed by atoms with E-state index in [1.54, 1.807) is 10.8 Å². The molecule has 0 atom stereocenters. The van der Waals surface area contributed by atoms with Crippen molar-refractivity contribution < 1.29 is 0 Å². The van der Waals surface area contributed by atoms with E-state index in [0.29, 0.717) is 11.8 Å². The Kier molecular flexibility index (Phi) is 4.39. The lowest BCUT2D eigenvalue weighted by Crippen LogP contribution is -2.19. The molecule has 2 heteroatoms. The summed E-state index contributed by atoms with van der Waals surface area (Å²) >= 11 is 3.70. The van der Waals surface area contributed by atoms with E-state index in [1.165, 1.54) is 5.56 Å². The predicted molar refractivity (Wildman–Crippen MR) is 71.7 cm³/mol. The minimum absolute atomic E-state index is 0.221. The van der Waals surface area contributed by atoms with E-state index in [9.17, 15) is 0 Å². The zero-order valence-corrected chi connectivity index (χ0v) is 12.5. The van der Waals surface area contributed by atoms with Gasteiger partial charge in [0.25, 0.3) is 0 Å². The molecule has 1 aromatic rings. The Bertz CT molecular complexity index is 305. The van der Waals surface area contributed by atoms with E-state index in [0.717, 1.165) is 0 Å². The van der Waals surface area contributed by atoms with Crippen molar-refractivity contribution in [2.75, 3.05) is 0 Å². The average Bonchev–Trinajstić information content (AvgIpc) is 2.16. The fourth-order valence-corrected chi connectivity index (χ4v) is 4.41. The topological polar surface area (TPSA) is 0 Å². The molecule has 0 nitrogen and oxygen atoms in total. The van der Waals surface area contributed by atoms with Gasteiger partial charge in [0.2, 0.25) is 0 Å². The minimum atomic E-state index is -0.221. The largest absolute Gasteiger partial charge is 0.130 e. The number of hydrogen-bond donors (Lipinski definition) is 0. The summed E-state index contributed by atoms with van der Waals surface area (Å²) in [5.41, 5.74) is 3.12. The van der Waals surface area contributed by atoms with E-state index in [2.05, 4.69) is 61.2 Å². The third-order valence-electron chi connectivity index (χ3n) is 2.57. The number of benzene rings is 1. The Morgan fingerprint density at radius 2 is 1.71 bits per heavy atom. The molecule has 0 bridgehead atoms. The molecule has 0 radical (unpaired) electrons. The molecule has 0 fully saturated rings. The van der Waals surface area contributed by atoms with E-state index < -0.39 is 0 Å². The molecule has 1 rings (SSSR count). The van der Waals surface area contributed by atoms with Gasteiger partial charge in [0.05, 0.1) is 0 Å². The van der Waals surface area contributed by atoms with Crippen LogP contribution in [0.5, 0.6) is 0 Å². The first-order chi connectivity index (χ1) is 6.57. The summed E-state index contributed by atoms with van der Waals surface area (Å²) in [6.07, 6.45) is 0. The Morgan fingerprint density at radius 3 is 2.14 bits per heavy atom. The molecule has 0 N–H and O–H groups in total. The monoisotopic (exact) mass is 270 g/mol. The predicted octanol–water partition coefficient (Wildman–Crippen LogP) is 3.04. The molecule has 0 spiro atoms. The summed E-state index contributed by atoms with van der Waals surface area (Å²) in [6.45, 7) is 9.14. The summed E-state index contributed by atoms with van der Waals surface area (Å²) in [5, 5.41) is 1.58. The van der Waals surface area contributed by atoms with Crippen LogP contribution in [0.25, 0.3) is 0 Å². The van der Waals surface area contributed by atoms with Gasteiger partial charge in [0.1, 0.15) is 8.14 Å².